The molecule has 174 valence electrons. The fourth-order valence-corrected chi connectivity index (χ4v) is 4.65. The van der Waals surface area contributed by atoms with Crippen molar-refractivity contribution in [3.8, 4) is 17.2 Å². The van der Waals surface area contributed by atoms with Crippen LogP contribution in [0.4, 0.5) is 11.4 Å². The Morgan fingerprint density at radius 2 is 1.58 bits per heavy atom. The maximum Gasteiger partial charge on any atom is 0.316 e. The summed E-state index contributed by atoms with van der Waals surface area (Å²) >= 11 is 0. The lowest BCUT2D eigenvalue weighted by molar-refractivity contribution is -0.151. The first-order valence-corrected chi connectivity index (χ1v) is 10.7. The maximum absolute atomic E-state index is 13.8. The van der Waals surface area contributed by atoms with Crippen LogP contribution in [-0.4, -0.2) is 40.2 Å². The summed E-state index contributed by atoms with van der Waals surface area (Å²) in [6.07, 6.45) is 0.517. The lowest BCUT2D eigenvalue weighted by atomic mass is 9.74. The SMILES string of the molecule is COC(=O)[C@@H]1C(=O)C2=C(C[C@H]1C)Nc1ccccc1N[C@H]2c1cc(OC)c(OC)cc1OC. The standard InChI is InChI=1S/C25H28N2O6/c1-13-10-17-22(24(28)21(13)25(29)33-5)23(27-16-9-7-6-8-15(16)26-17)14-11-19(31-3)20(32-4)12-18(14)30-2/h6-9,11-13,21,23,26-27H,10H2,1-5H3/t13-,21+,23+/m1/s1. The van der Waals surface area contributed by atoms with Gasteiger partial charge in [0.15, 0.2) is 17.3 Å². The summed E-state index contributed by atoms with van der Waals surface area (Å²) < 4.78 is 21.6. The minimum Gasteiger partial charge on any atom is -0.496 e. The van der Waals surface area contributed by atoms with Crippen molar-refractivity contribution in [1.29, 1.82) is 0 Å². The molecule has 2 N–H and O–H groups in total. The summed E-state index contributed by atoms with van der Waals surface area (Å²) in [5.41, 5.74) is 3.61. The van der Waals surface area contributed by atoms with Crippen molar-refractivity contribution < 1.29 is 28.5 Å². The zero-order valence-corrected chi connectivity index (χ0v) is 19.4. The molecule has 3 atom stereocenters. The molecule has 0 amide bonds. The van der Waals surface area contributed by atoms with E-state index in [-0.39, 0.29) is 11.7 Å². The van der Waals surface area contributed by atoms with Crippen LogP contribution in [0.2, 0.25) is 0 Å². The normalized spacial score (nSPS) is 21.6. The number of ketones is 1. The predicted molar refractivity (Wildman–Crippen MR) is 124 cm³/mol. The average Bonchev–Trinajstić information content (AvgIpc) is 2.99. The number of Topliss-reactive ketones (excluding diaryl/α,β-unsaturated/α-hetero) is 1. The molecular formula is C25H28N2O6. The number of ether oxygens (including phenoxy) is 4. The number of para-hydroxylation sites is 2. The summed E-state index contributed by atoms with van der Waals surface area (Å²) in [6, 6.07) is 10.7. The van der Waals surface area contributed by atoms with Gasteiger partial charge in [-0.2, -0.15) is 0 Å². The van der Waals surface area contributed by atoms with Crippen LogP contribution in [0.25, 0.3) is 0 Å². The molecule has 0 saturated heterocycles. The summed E-state index contributed by atoms with van der Waals surface area (Å²) in [5, 5.41) is 6.93. The molecule has 1 aliphatic heterocycles. The quantitative estimate of drug-likeness (QED) is 0.520. The number of esters is 1. The second-order valence-corrected chi connectivity index (χ2v) is 8.14. The predicted octanol–water partition coefficient (Wildman–Crippen LogP) is 3.94. The van der Waals surface area contributed by atoms with Crippen molar-refractivity contribution in [3.05, 3.63) is 53.2 Å². The molecule has 8 nitrogen and oxygen atoms in total. The summed E-state index contributed by atoms with van der Waals surface area (Å²) in [5.74, 6) is -0.359. The number of hydrogen-bond acceptors (Lipinski definition) is 8. The first-order valence-electron chi connectivity index (χ1n) is 10.7. The molecule has 0 spiro atoms. The van der Waals surface area contributed by atoms with Gasteiger partial charge in [0, 0.05) is 22.9 Å². The van der Waals surface area contributed by atoms with Crippen LogP contribution in [-0.2, 0) is 14.3 Å². The number of allylic oxidation sites excluding steroid dienone is 1. The minimum absolute atomic E-state index is 0.214. The van der Waals surface area contributed by atoms with E-state index in [9.17, 15) is 9.59 Å². The van der Waals surface area contributed by atoms with E-state index >= 15 is 0 Å². The highest BCUT2D eigenvalue weighted by Gasteiger charge is 2.45. The van der Waals surface area contributed by atoms with E-state index < -0.39 is 17.9 Å². The Balaban J connectivity index is 1.94. The van der Waals surface area contributed by atoms with E-state index in [1.54, 1.807) is 33.5 Å². The van der Waals surface area contributed by atoms with E-state index in [2.05, 4.69) is 10.6 Å². The smallest absolute Gasteiger partial charge is 0.316 e. The van der Waals surface area contributed by atoms with Crippen LogP contribution in [0.15, 0.2) is 47.7 Å². The van der Waals surface area contributed by atoms with Gasteiger partial charge in [0.25, 0.3) is 0 Å². The van der Waals surface area contributed by atoms with Crippen molar-refractivity contribution in [2.24, 2.45) is 11.8 Å². The number of rotatable bonds is 5. The van der Waals surface area contributed by atoms with Crippen LogP contribution in [0.1, 0.15) is 24.9 Å². The van der Waals surface area contributed by atoms with E-state index in [0.29, 0.717) is 34.8 Å². The topological polar surface area (TPSA) is 95.1 Å². The van der Waals surface area contributed by atoms with Gasteiger partial charge in [-0.25, -0.2) is 0 Å². The number of methoxy groups -OCH3 is 4. The van der Waals surface area contributed by atoms with Crippen molar-refractivity contribution in [3.63, 3.8) is 0 Å². The highest BCUT2D eigenvalue weighted by Crippen LogP contribution is 2.47. The molecule has 33 heavy (non-hydrogen) atoms. The molecule has 8 heteroatoms. The highest BCUT2D eigenvalue weighted by molar-refractivity contribution is 6.11. The largest absolute Gasteiger partial charge is 0.496 e. The summed E-state index contributed by atoms with van der Waals surface area (Å²) in [6.45, 7) is 1.89. The monoisotopic (exact) mass is 452 g/mol. The number of hydrogen-bond donors (Lipinski definition) is 2. The van der Waals surface area contributed by atoms with Gasteiger partial charge < -0.3 is 29.6 Å². The van der Waals surface area contributed by atoms with Gasteiger partial charge in [-0.15, -0.1) is 0 Å². The molecule has 2 aromatic carbocycles. The van der Waals surface area contributed by atoms with Crippen molar-refractivity contribution in [2.75, 3.05) is 39.1 Å². The molecule has 0 unspecified atom stereocenters. The van der Waals surface area contributed by atoms with Crippen LogP contribution in [0.3, 0.4) is 0 Å². The first-order chi connectivity index (χ1) is 15.9. The number of nitrogens with one attached hydrogen (secondary N) is 2. The number of fused-ring (bicyclic) bond motifs is 1. The number of carbonyl (C=O) groups is 2. The van der Waals surface area contributed by atoms with E-state index in [0.717, 1.165) is 17.1 Å². The van der Waals surface area contributed by atoms with E-state index in [1.165, 1.54) is 7.11 Å². The second-order valence-electron chi connectivity index (χ2n) is 8.14. The fraction of sp³-hybridized carbons (Fsp3) is 0.360. The van der Waals surface area contributed by atoms with Gasteiger partial charge >= 0.3 is 5.97 Å². The molecule has 0 fully saturated rings. The van der Waals surface area contributed by atoms with Crippen LogP contribution in [0.5, 0.6) is 17.2 Å². The third kappa shape index (κ3) is 3.86. The van der Waals surface area contributed by atoms with Crippen LogP contribution in [0, 0.1) is 11.8 Å². The highest BCUT2D eigenvalue weighted by atomic mass is 16.5. The summed E-state index contributed by atoms with van der Waals surface area (Å²) in [7, 11) is 5.97. The van der Waals surface area contributed by atoms with Gasteiger partial charge in [-0.1, -0.05) is 19.1 Å². The Morgan fingerprint density at radius 1 is 0.939 bits per heavy atom. The van der Waals surface area contributed by atoms with Crippen molar-refractivity contribution in [2.45, 2.75) is 19.4 Å². The van der Waals surface area contributed by atoms with Gasteiger partial charge in [-0.3, -0.25) is 9.59 Å². The van der Waals surface area contributed by atoms with Gasteiger partial charge in [0.05, 0.1) is 45.9 Å². The zero-order valence-electron chi connectivity index (χ0n) is 19.4. The molecular weight excluding hydrogens is 424 g/mol. The molecule has 4 rings (SSSR count). The van der Waals surface area contributed by atoms with E-state index in [1.807, 2.05) is 31.2 Å². The molecule has 0 radical (unpaired) electrons. The minimum atomic E-state index is -0.882. The first kappa shape index (κ1) is 22.5. The molecule has 1 heterocycles. The molecule has 0 aromatic heterocycles. The lowest BCUT2D eigenvalue weighted by Gasteiger charge is -2.33. The molecule has 2 aromatic rings. The Morgan fingerprint density at radius 3 is 2.21 bits per heavy atom. The second kappa shape index (κ2) is 9.05. The third-order valence-electron chi connectivity index (χ3n) is 6.27. The number of anilines is 2. The molecule has 0 bridgehead atoms. The fourth-order valence-electron chi connectivity index (χ4n) is 4.65. The zero-order chi connectivity index (χ0) is 23.7. The molecule has 2 aliphatic rings. The number of carbonyl (C=O) groups excluding carboxylic acids is 2. The third-order valence-corrected chi connectivity index (χ3v) is 6.27. The summed E-state index contributed by atoms with van der Waals surface area (Å²) in [4.78, 5) is 26.3. The average molecular weight is 453 g/mol. The maximum atomic E-state index is 13.8. The Labute approximate surface area is 192 Å². The Hall–Kier alpha value is -3.68. The van der Waals surface area contributed by atoms with Gasteiger partial charge in [0.2, 0.25) is 0 Å². The van der Waals surface area contributed by atoms with E-state index in [4.69, 9.17) is 18.9 Å². The van der Waals surface area contributed by atoms with Crippen LogP contribution >= 0.6 is 0 Å². The van der Waals surface area contributed by atoms with Crippen molar-refractivity contribution >= 4 is 23.1 Å². The van der Waals surface area contributed by atoms with Gasteiger partial charge in [-0.05, 0) is 30.5 Å². The Kier molecular flexibility index (Phi) is 6.18. The Bertz CT molecular complexity index is 1130. The van der Waals surface area contributed by atoms with Crippen molar-refractivity contribution in [1.82, 2.24) is 0 Å². The molecule has 0 saturated carbocycles. The molecule has 1 aliphatic carbocycles. The van der Waals surface area contributed by atoms with Crippen LogP contribution < -0.4 is 24.8 Å². The number of benzene rings is 2. The van der Waals surface area contributed by atoms with Gasteiger partial charge in [0.1, 0.15) is 11.7 Å². The lowest BCUT2D eigenvalue weighted by Crippen LogP contribution is -2.39.